The summed E-state index contributed by atoms with van der Waals surface area (Å²) in [6, 6.07) is 0. The van der Waals surface area contributed by atoms with Gasteiger partial charge in [0.15, 0.2) is 5.78 Å². The van der Waals surface area contributed by atoms with Crippen molar-refractivity contribution in [3.8, 4) is 0 Å². The zero-order valence-corrected chi connectivity index (χ0v) is 17.3. The van der Waals surface area contributed by atoms with Gasteiger partial charge in [0.1, 0.15) is 6.61 Å². The molecule has 0 aliphatic heterocycles. The molecule has 0 N–H and O–H groups in total. The van der Waals surface area contributed by atoms with Crippen molar-refractivity contribution in [1.29, 1.82) is 0 Å². The first-order valence-corrected chi connectivity index (χ1v) is 8.85. The van der Waals surface area contributed by atoms with Gasteiger partial charge in [0.05, 0.1) is 17.8 Å². The topological polar surface area (TPSA) is 35.5 Å². The van der Waals surface area contributed by atoms with Crippen LogP contribution >= 0.6 is 0 Å². The molecule has 0 radical (unpaired) electrons. The summed E-state index contributed by atoms with van der Waals surface area (Å²) in [5.41, 5.74) is -0.483. The first kappa shape index (κ1) is 22.6. The molecular weight excluding hydrogens is 288 g/mol. The Balaban J connectivity index is 4.21. The van der Waals surface area contributed by atoms with Crippen LogP contribution in [0.3, 0.4) is 0 Å². The maximum Gasteiger partial charge on any atom is 0.163 e. The van der Waals surface area contributed by atoms with Crippen molar-refractivity contribution < 1.29 is 14.3 Å². The molecule has 0 aromatic carbocycles. The predicted molar refractivity (Wildman–Crippen MR) is 97.8 cm³/mol. The molecule has 23 heavy (non-hydrogen) atoms. The molecule has 0 aliphatic rings. The molecule has 3 heteroatoms. The van der Waals surface area contributed by atoms with E-state index in [-0.39, 0.29) is 29.0 Å². The number of Topliss-reactive ketones (excluding diaryl/α,β-unsaturated/α-hetero) is 1. The number of carbonyl (C=O) groups is 1. The molecule has 0 amide bonds. The van der Waals surface area contributed by atoms with Crippen molar-refractivity contribution in [2.45, 2.75) is 99.7 Å². The molecule has 0 unspecified atom stereocenters. The van der Waals surface area contributed by atoms with Gasteiger partial charge in [-0.05, 0) is 52.4 Å². The van der Waals surface area contributed by atoms with Crippen LogP contribution in [0.4, 0.5) is 0 Å². The molecule has 0 aromatic rings. The van der Waals surface area contributed by atoms with E-state index in [0.29, 0.717) is 12.0 Å². The molecule has 0 atom stereocenters. The molecule has 0 aliphatic carbocycles. The van der Waals surface area contributed by atoms with Gasteiger partial charge < -0.3 is 9.47 Å². The van der Waals surface area contributed by atoms with Crippen LogP contribution in [0.5, 0.6) is 0 Å². The lowest BCUT2D eigenvalue weighted by Crippen LogP contribution is -2.34. The Morgan fingerprint density at radius 3 is 1.61 bits per heavy atom. The second-order valence-corrected chi connectivity index (χ2v) is 10.1. The highest BCUT2D eigenvalue weighted by molar-refractivity contribution is 5.84. The minimum atomic E-state index is -0.346. The van der Waals surface area contributed by atoms with E-state index in [9.17, 15) is 4.79 Å². The molecule has 0 heterocycles. The SMILES string of the molecule is CC(C)(C)CCC(C)(C)OCCC(C)(C)OCC(=O)C(C)(C)C. The van der Waals surface area contributed by atoms with Crippen molar-refractivity contribution in [3.05, 3.63) is 0 Å². The Hall–Kier alpha value is -0.410. The third-order valence-corrected chi connectivity index (χ3v) is 4.10. The molecule has 3 nitrogen and oxygen atoms in total. The molecule has 138 valence electrons. The lowest BCUT2D eigenvalue weighted by atomic mass is 9.86. The normalized spacial score (nSPS) is 14.2. The summed E-state index contributed by atoms with van der Waals surface area (Å²) in [6.07, 6.45) is 2.96. The van der Waals surface area contributed by atoms with Gasteiger partial charge in [0, 0.05) is 5.41 Å². The lowest BCUT2D eigenvalue weighted by Gasteiger charge is -2.32. The summed E-state index contributed by atoms with van der Waals surface area (Å²) >= 11 is 0. The van der Waals surface area contributed by atoms with E-state index in [0.717, 1.165) is 19.3 Å². The number of ketones is 1. The minimum absolute atomic E-state index is 0.120. The maximum atomic E-state index is 12.0. The summed E-state index contributed by atoms with van der Waals surface area (Å²) in [4.78, 5) is 12.0. The Morgan fingerprint density at radius 2 is 1.17 bits per heavy atom. The van der Waals surface area contributed by atoms with E-state index in [1.807, 2.05) is 34.6 Å². The Labute approximate surface area is 144 Å². The minimum Gasteiger partial charge on any atom is -0.375 e. The maximum absolute atomic E-state index is 12.0. The smallest absolute Gasteiger partial charge is 0.163 e. The summed E-state index contributed by atoms with van der Waals surface area (Å²) in [6.45, 7) is 21.7. The fraction of sp³-hybridized carbons (Fsp3) is 0.950. The molecule has 0 spiro atoms. The highest BCUT2D eigenvalue weighted by atomic mass is 16.5. The predicted octanol–water partition coefficient (Wildman–Crippen LogP) is 5.41. The Kier molecular flexibility index (Phi) is 7.97. The third-order valence-electron chi connectivity index (χ3n) is 4.10. The number of rotatable bonds is 9. The van der Waals surface area contributed by atoms with E-state index in [1.165, 1.54) is 0 Å². The Bertz CT molecular complexity index is 367. The largest absolute Gasteiger partial charge is 0.375 e. The molecule has 0 aromatic heterocycles. The van der Waals surface area contributed by atoms with Crippen molar-refractivity contribution in [2.24, 2.45) is 10.8 Å². The van der Waals surface area contributed by atoms with Crippen molar-refractivity contribution >= 4 is 5.78 Å². The third kappa shape index (κ3) is 11.7. The van der Waals surface area contributed by atoms with E-state index >= 15 is 0 Å². The van der Waals surface area contributed by atoms with E-state index in [2.05, 4.69) is 34.6 Å². The van der Waals surface area contributed by atoms with Crippen LogP contribution in [0, 0.1) is 10.8 Å². The van der Waals surface area contributed by atoms with E-state index in [4.69, 9.17) is 9.47 Å². The van der Waals surface area contributed by atoms with Crippen LogP contribution in [-0.4, -0.2) is 30.2 Å². The van der Waals surface area contributed by atoms with Crippen molar-refractivity contribution in [2.75, 3.05) is 13.2 Å². The van der Waals surface area contributed by atoms with Crippen LogP contribution in [0.15, 0.2) is 0 Å². The molecule has 0 fully saturated rings. The fourth-order valence-electron chi connectivity index (χ4n) is 1.87. The summed E-state index contributed by atoms with van der Waals surface area (Å²) in [7, 11) is 0. The zero-order valence-electron chi connectivity index (χ0n) is 17.3. The van der Waals surface area contributed by atoms with Crippen LogP contribution in [0.2, 0.25) is 0 Å². The number of hydrogen-bond acceptors (Lipinski definition) is 3. The van der Waals surface area contributed by atoms with Gasteiger partial charge in [0.2, 0.25) is 0 Å². The van der Waals surface area contributed by atoms with Crippen LogP contribution in [0.1, 0.15) is 88.5 Å². The molecule has 0 saturated heterocycles. The van der Waals surface area contributed by atoms with Gasteiger partial charge in [-0.25, -0.2) is 0 Å². The zero-order chi connectivity index (χ0) is 18.5. The molecule has 0 saturated carbocycles. The van der Waals surface area contributed by atoms with Gasteiger partial charge in [-0.1, -0.05) is 41.5 Å². The van der Waals surface area contributed by atoms with Crippen molar-refractivity contribution in [3.63, 3.8) is 0 Å². The van der Waals surface area contributed by atoms with E-state index < -0.39 is 0 Å². The van der Waals surface area contributed by atoms with Crippen LogP contribution < -0.4 is 0 Å². The number of hydrogen-bond donors (Lipinski definition) is 0. The summed E-state index contributed by atoms with van der Waals surface area (Å²) in [5.74, 6) is 0.136. The first-order chi connectivity index (χ1) is 10.0. The van der Waals surface area contributed by atoms with Gasteiger partial charge in [-0.15, -0.1) is 0 Å². The average Bonchev–Trinajstić information content (AvgIpc) is 2.31. The summed E-state index contributed by atoms with van der Waals surface area (Å²) in [5, 5.41) is 0. The lowest BCUT2D eigenvalue weighted by molar-refractivity contribution is -0.139. The Morgan fingerprint density at radius 1 is 0.696 bits per heavy atom. The van der Waals surface area contributed by atoms with Gasteiger partial charge in [-0.2, -0.15) is 0 Å². The van der Waals surface area contributed by atoms with Gasteiger partial charge >= 0.3 is 0 Å². The molecule has 0 bridgehead atoms. The average molecular weight is 329 g/mol. The monoisotopic (exact) mass is 328 g/mol. The highest BCUT2D eigenvalue weighted by Gasteiger charge is 2.27. The van der Waals surface area contributed by atoms with Gasteiger partial charge in [-0.3, -0.25) is 4.79 Å². The van der Waals surface area contributed by atoms with Crippen LogP contribution in [0.25, 0.3) is 0 Å². The van der Waals surface area contributed by atoms with Crippen molar-refractivity contribution in [1.82, 2.24) is 0 Å². The second kappa shape index (κ2) is 8.11. The second-order valence-electron chi connectivity index (χ2n) is 10.1. The van der Waals surface area contributed by atoms with Crippen LogP contribution in [-0.2, 0) is 14.3 Å². The number of carbonyl (C=O) groups excluding carboxylic acids is 1. The quantitative estimate of drug-likeness (QED) is 0.568. The van der Waals surface area contributed by atoms with Gasteiger partial charge in [0.25, 0.3) is 0 Å². The molecular formula is C20H40O3. The number of ether oxygens (including phenoxy) is 2. The molecule has 0 rings (SSSR count). The van der Waals surface area contributed by atoms with E-state index in [1.54, 1.807) is 0 Å². The highest BCUT2D eigenvalue weighted by Crippen LogP contribution is 2.28. The summed E-state index contributed by atoms with van der Waals surface area (Å²) < 4.78 is 11.9. The fourth-order valence-corrected chi connectivity index (χ4v) is 1.87. The standard InChI is InChI=1S/C20H40O3/c1-17(2,3)11-12-19(7,8)22-14-13-20(9,10)23-15-16(21)18(4,5)6/h11-15H2,1-10H3. The first-order valence-electron chi connectivity index (χ1n) is 8.85.